The Bertz CT molecular complexity index is 2910. The van der Waals surface area contributed by atoms with Gasteiger partial charge in [0.25, 0.3) is 0 Å². The van der Waals surface area contributed by atoms with Crippen LogP contribution in [0.25, 0.3) is 62.2 Å². The fourth-order valence-electron chi connectivity index (χ4n) is 10.1. The molecule has 1 aliphatic heterocycles. The summed E-state index contributed by atoms with van der Waals surface area (Å²) in [7, 11) is 0. The first-order chi connectivity index (χ1) is 28.7. The van der Waals surface area contributed by atoms with Gasteiger partial charge in [-0.25, -0.2) is 9.97 Å². The van der Waals surface area contributed by atoms with Crippen LogP contribution in [0.5, 0.6) is 5.75 Å². The van der Waals surface area contributed by atoms with Crippen LogP contribution in [0.1, 0.15) is 34.2 Å². The highest BCUT2D eigenvalue weighted by Crippen LogP contribution is 2.63. The lowest BCUT2D eigenvalue weighted by Gasteiger charge is -2.45. The Hall–Kier alpha value is -7.10. The van der Waals surface area contributed by atoms with Gasteiger partial charge in [-0.15, -0.1) is 0 Å². The van der Waals surface area contributed by atoms with E-state index in [1.807, 2.05) is 24.3 Å². The number of benzene rings is 6. The topological polar surface area (TPSA) is 35.0 Å². The quantitative estimate of drug-likeness (QED) is 0.180. The molecule has 0 saturated carbocycles. The zero-order valence-corrected chi connectivity index (χ0v) is 31.8. The third kappa shape index (κ3) is 4.93. The molecular formula is C55H38N2O. The molecule has 274 valence electrons. The summed E-state index contributed by atoms with van der Waals surface area (Å²) in [5, 5.41) is 0. The first kappa shape index (κ1) is 33.1. The molecule has 3 atom stereocenters. The maximum Gasteiger partial charge on any atom is 0.160 e. The lowest BCUT2D eigenvalue weighted by atomic mass is 9.62. The standard InChI is InChI=1S/C55H38N2O/c1-3-15-38(16-4-1)50-34-51(57-54(56-50)40-17-5-2-6-18-40)39-25-23-35(24-26-39)41-29-30-47-45(33-41)44-21-11-12-22-46(44)55(47)48-31-27-36-13-7-9-19-42(36)52(48)58-53-43-20-10-8-14-37(43)28-32-49(53)55/h1-9,11-19,21-34,36,42H,10,20H2. The van der Waals surface area contributed by atoms with Crippen LogP contribution in [0.2, 0.25) is 0 Å². The molecule has 3 unspecified atom stereocenters. The van der Waals surface area contributed by atoms with E-state index in [4.69, 9.17) is 14.7 Å². The molecule has 0 saturated heterocycles. The third-order valence-corrected chi connectivity index (χ3v) is 12.8. The van der Waals surface area contributed by atoms with Gasteiger partial charge in [0.1, 0.15) is 11.5 Å². The van der Waals surface area contributed by atoms with E-state index in [9.17, 15) is 0 Å². The molecule has 6 aromatic carbocycles. The highest BCUT2D eigenvalue weighted by atomic mass is 16.5. The van der Waals surface area contributed by atoms with Crippen LogP contribution >= 0.6 is 0 Å². The van der Waals surface area contributed by atoms with E-state index >= 15 is 0 Å². The van der Waals surface area contributed by atoms with E-state index in [-0.39, 0.29) is 11.8 Å². The second-order valence-electron chi connectivity index (χ2n) is 15.9. The zero-order chi connectivity index (χ0) is 38.2. The van der Waals surface area contributed by atoms with E-state index in [0.29, 0.717) is 0 Å². The average Bonchev–Trinajstić information content (AvgIpc) is 3.59. The lowest BCUT2D eigenvalue weighted by molar-refractivity contribution is 0.315. The minimum Gasteiger partial charge on any atom is -0.460 e. The molecule has 0 radical (unpaired) electrons. The molecule has 12 rings (SSSR count). The molecule has 3 nitrogen and oxygen atoms in total. The summed E-state index contributed by atoms with van der Waals surface area (Å²) >= 11 is 0. The van der Waals surface area contributed by atoms with Crippen LogP contribution < -0.4 is 4.74 Å². The first-order valence-corrected chi connectivity index (χ1v) is 20.4. The molecule has 3 heteroatoms. The first-order valence-electron chi connectivity index (χ1n) is 20.4. The van der Waals surface area contributed by atoms with E-state index in [2.05, 4.69) is 170 Å². The molecule has 0 fully saturated rings. The van der Waals surface area contributed by atoms with Crippen molar-refractivity contribution < 1.29 is 4.74 Å². The largest absolute Gasteiger partial charge is 0.460 e. The van der Waals surface area contributed by atoms with Crippen molar-refractivity contribution in [2.75, 3.05) is 0 Å². The molecule has 2 heterocycles. The highest BCUT2D eigenvalue weighted by Gasteiger charge is 2.54. The Labute approximate surface area is 338 Å². The Balaban J connectivity index is 0.998. The summed E-state index contributed by atoms with van der Waals surface area (Å²) in [4.78, 5) is 10.1. The van der Waals surface area contributed by atoms with Crippen molar-refractivity contribution in [1.82, 2.24) is 9.97 Å². The van der Waals surface area contributed by atoms with Gasteiger partial charge in [-0.1, -0.05) is 182 Å². The van der Waals surface area contributed by atoms with Crippen LogP contribution in [0.3, 0.4) is 0 Å². The molecule has 1 spiro atoms. The van der Waals surface area contributed by atoms with Crippen LogP contribution in [-0.4, -0.2) is 9.97 Å². The summed E-state index contributed by atoms with van der Waals surface area (Å²) in [5.41, 5.74) is 17.1. The normalized spacial score (nSPS) is 20.1. The molecule has 0 amide bonds. The second kappa shape index (κ2) is 13.0. The van der Waals surface area contributed by atoms with Gasteiger partial charge < -0.3 is 4.74 Å². The van der Waals surface area contributed by atoms with Crippen LogP contribution in [0.4, 0.5) is 0 Å². The predicted octanol–water partition coefficient (Wildman–Crippen LogP) is 13.0. The number of aromatic nitrogens is 2. The number of rotatable bonds is 4. The van der Waals surface area contributed by atoms with Crippen molar-refractivity contribution in [1.29, 1.82) is 0 Å². The van der Waals surface area contributed by atoms with Crippen molar-refractivity contribution in [3.05, 3.63) is 227 Å². The number of hydrogen-bond acceptors (Lipinski definition) is 3. The van der Waals surface area contributed by atoms with E-state index in [1.54, 1.807) is 0 Å². The average molecular weight is 743 g/mol. The van der Waals surface area contributed by atoms with Gasteiger partial charge in [0, 0.05) is 45.2 Å². The summed E-state index contributed by atoms with van der Waals surface area (Å²) in [6.07, 6.45) is 20.3. The molecule has 58 heavy (non-hydrogen) atoms. The SMILES string of the molecule is C1=CC2C=CC3=C(Oc4c(ccc5c4CCC=C5)C34c3ccccc3-c3cc(-c5ccc(-c6cc(-c7ccccc7)nc(-c7ccccc7)n6)cc5)ccc34)C2C=C1. The van der Waals surface area contributed by atoms with E-state index < -0.39 is 5.41 Å². The number of hydrogen-bond donors (Lipinski definition) is 0. The van der Waals surface area contributed by atoms with Gasteiger partial charge in [0.15, 0.2) is 5.82 Å². The zero-order valence-electron chi connectivity index (χ0n) is 31.8. The van der Waals surface area contributed by atoms with Crippen LogP contribution in [0, 0.1) is 11.8 Å². The van der Waals surface area contributed by atoms with Gasteiger partial charge in [-0.2, -0.15) is 0 Å². The van der Waals surface area contributed by atoms with E-state index in [1.165, 1.54) is 55.6 Å². The molecule has 1 aromatic heterocycles. The Kier molecular flexibility index (Phi) is 7.40. The van der Waals surface area contributed by atoms with E-state index in [0.717, 1.165) is 58.3 Å². The molecule has 4 aliphatic carbocycles. The number of ether oxygens (including phenoxy) is 1. The van der Waals surface area contributed by atoms with Gasteiger partial charge >= 0.3 is 0 Å². The molecule has 7 aromatic rings. The third-order valence-electron chi connectivity index (χ3n) is 12.8. The lowest BCUT2D eigenvalue weighted by Crippen LogP contribution is -2.38. The number of allylic oxidation sites excluding steroid dienone is 8. The number of nitrogens with zero attached hydrogens (tertiary/aromatic N) is 2. The van der Waals surface area contributed by atoms with Gasteiger partial charge in [0.05, 0.1) is 16.8 Å². The maximum absolute atomic E-state index is 7.23. The maximum atomic E-state index is 7.23. The van der Waals surface area contributed by atoms with Gasteiger partial charge in [0.2, 0.25) is 0 Å². The molecule has 0 bridgehead atoms. The van der Waals surface area contributed by atoms with Crippen molar-refractivity contribution in [2.45, 2.75) is 18.3 Å². The van der Waals surface area contributed by atoms with Gasteiger partial charge in [-0.05, 0) is 63.9 Å². The minimum absolute atomic E-state index is 0.154. The van der Waals surface area contributed by atoms with Crippen molar-refractivity contribution in [3.8, 4) is 61.9 Å². The highest BCUT2D eigenvalue weighted by molar-refractivity contribution is 5.91. The summed E-state index contributed by atoms with van der Waals surface area (Å²) in [5.74, 6) is 3.29. The van der Waals surface area contributed by atoms with Crippen molar-refractivity contribution in [3.63, 3.8) is 0 Å². The van der Waals surface area contributed by atoms with Gasteiger partial charge in [-0.3, -0.25) is 0 Å². The molecular weight excluding hydrogens is 705 g/mol. The Morgan fingerprint density at radius 1 is 0.534 bits per heavy atom. The predicted molar refractivity (Wildman–Crippen MR) is 235 cm³/mol. The smallest absolute Gasteiger partial charge is 0.160 e. The van der Waals surface area contributed by atoms with Crippen LogP contribution in [-0.2, 0) is 11.8 Å². The minimum atomic E-state index is -0.496. The summed E-state index contributed by atoms with van der Waals surface area (Å²) in [6, 6.07) is 52.4. The monoisotopic (exact) mass is 742 g/mol. The van der Waals surface area contributed by atoms with Crippen molar-refractivity contribution in [2.24, 2.45) is 11.8 Å². The molecule has 5 aliphatic rings. The molecule has 0 N–H and O–H groups in total. The Morgan fingerprint density at radius 2 is 1.21 bits per heavy atom. The fourth-order valence-corrected chi connectivity index (χ4v) is 10.1. The Morgan fingerprint density at radius 3 is 2.03 bits per heavy atom. The number of fused-ring (bicyclic) bond motifs is 12. The summed E-state index contributed by atoms with van der Waals surface area (Å²) < 4.78 is 7.23. The summed E-state index contributed by atoms with van der Waals surface area (Å²) in [6.45, 7) is 0. The second-order valence-corrected chi connectivity index (χ2v) is 15.9. The fraction of sp³-hybridized carbons (Fsp3) is 0.0909. The van der Waals surface area contributed by atoms with Crippen molar-refractivity contribution >= 4 is 6.08 Å². The van der Waals surface area contributed by atoms with Crippen LogP contribution in [0.15, 0.2) is 199 Å².